The molecule has 4 heterocycles. The van der Waals surface area contributed by atoms with Crippen LogP contribution in [-0.4, -0.2) is 64.8 Å². The van der Waals surface area contributed by atoms with Crippen LogP contribution in [0.4, 0.5) is 15.2 Å². The molecule has 2 aliphatic rings. The molecule has 5 rings (SSSR count). The average Bonchev–Trinajstić information content (AvgIpc) is 3.55. The average molecular weight is 427 g/mol. The quantitative estimate of drug-likeness (QED) is 0.642. The minimum absolute atomic E-state index is 0.00308. The molecule has 0 atom stereocenters. The summed E-state index contributed by atoms with van der Waals surface area (Å²) in [6.07, 6.45) is 4.24. The van der Waals surface area contributed by atoms with E-state index in [2.05, 4.69) is 20.0 Å². The second-order valence-corrected chi connectivity index (χ2v) is 8.51. The number of aromatic nitrogens is 3. The van der Waals surface area contributed by atoms with Gasteiger partial charge in [-0.3, -0.25) is 9.36 Å². The molecule has 0 unspecified atom stereocenters. The molecule has 0 saturated carbocycles. The molecule has 0 radical (unpaired) electrons. The Morgan fingerprint density at radius 1 is 0.867 bits per heavy atom. The number of amides is 1. The number of halogens is 1. The van der Waals surface area contributed by atoms with Crippen molar-refractivity contribution in [2.75, 3.05) is 49.1 Å². The highest BCUT2D eigenvalue weighted by Crippen LogP contribution is 2.27. The van der Waals surface area contributed by atoms with Gasteiger partial charge in [-0.25, -0.2) is 4.39 Å². The smallest absolute Gasteiger partial charge is 0.271 e. The van der Waals surface area contributed by atoms with Crippen molar-refractivity contribution in [2.45, 2.75) is 12.8 Å². The predicted molar refractivity (Wildman–Crippen MR) is 115 cm³/mol. The van der Waals surface area contributed by atoms with Crippen LogP contribution in [0, 0.1) is 5.82 Å². The summed E-state index contributed by atoms with van der Waals surface area (Å²) in [6.45, 7) is 4.72. The molecule has 0 spiro atoms. The summed E-state index contributed by atoms with van der Waals surface area (Å²) >= 11 is 1.52. The molecule has 156 valence electrons. The molecule has 2 fully saturated rings. The second kappa shape index (κ2) is 8.06. The Hall–Kier alpha value is -2.94. The number of hydrogen-bond acceptors (Lipinski definition) is 6. The van der Waals surface area contributed by atoms with Crippen molar-refractivity contribution in [3.8, 4) is 5.13 Å². The molecule has 0 aliphatic carbocycles. The Bertz CT molecular complexity index is 1020. The van der Waals surface area contributed by atoms with Crippen LogP contribution >= 0.6 is 11.3 Å². The maximum absolute atomic E-state index is 13.2. The summed E-state index contributed by atoms with van der Waals surface area (Å²) in [4.78, 5) is 19.5. The van der Waals surface area contributed by atoms with E-state index in [1.807, 2.05) is 27.8 Å². The molecule has 30 heavy (non-hydrogen) atoms. The van der Waals surface area contributed by atoms with Crippen molar-refractivity contribution in [2.24, 2.45) is 0 Å². The molecule has 7 nitrogen and oxygen atoms in total. The van der Waals surface area contributed by atoms with Gasteiger partial charge in [0.05, 0.1) is 0 Å². The molecule has 3 aromatic rings. The van der Waals surface area contributed by atoms with Gasteiger partial charge < -0.3 is 14.7 Å². The fraction of sp³-hybridized carbons (Fsp3) is 0.381. The largest absolute Gasteiger partial charge is 0.368 e. The lowest BCUT2D eigenvalue weighted by Crippen LogP contribution is -2.49. The van der Waals surface area contributed by atoms with Gasteiger partial charge in [0.2, 0.25) is 10.3 Å². The van der Waals surface area contributed by atoms with Gasteiger partial charge in [-0.15, -0.1) is 10.2 Å². The lowest BCUT2D eigenvalue weighted by atomic mass is 10.2. The van der Waals surface area contributed by atoms with Crippen molar-refractivity contribution >= 4 is 28.1 Å². The van der Waals surface area contributed by atoms with E-state index in [1.54, 1.807) is 12.1 Å². The van der Waals surface area contributed by atoms with Gasteiger partial charge in [-0.2, -0.15) is 0 Å². The minimum Gasteiger partial charge on any atom is -0.368 e. The Kier molecular flexibility index (Phi) is 5.12. The number of benzene rings is 1. The number of nitrogens with zero attached hydrogens (tertiary/aromatic N) is 6. The Morgan fingerprint density at radius 3 is 2.30 bits per heavy atom. The number of rotatable bonds is 4. The van der Waals surface area contributed by atoms with Crippen LogP contribution in [0.15, 0.2) is 42.6 Å². The van der Waals surface area contributed by atoms with E-state index >= 15 is 0 Å². The summed E-state index contributed by atoms with van der Waals surface area (Å²) < 4.78 is 15.0. The molecule has 0 N–H and O–H groups in total. The third-order valence-corrected chi connectivity index (χ3v) is 6.70. The number of piperazine rings is 1. The van der Waals surface area contributed by atoms with E-state index in [9.17, 15) is 9.18 Å². The van der Waals surface area contributed by atoms with Gasteiger partial charge in [0.1, 0.15) is 11.5 Å². The molecule has 2 aliphatic heterocycles. The van der Waals surface area contributed by atoms with E-state index in [-0.39, 0.29) is 11.7 Å². The summed E-state index contributed by atoms with van der Waals surface area (Å²) in [5.74, 6) is -0.241. The number of carbonyl (C=O) groups excluding carboxylic acids is 1. The summed E-state index contributed by atoms with van der Waals surface area (Å²) in [6, 6.07) is 10.2. The summed E-state index contributed by atoms with van der Waals surface area (Å²) in [5.41, 5.74) is 1.59. The molecule has 2 saturated heterocycles. The molecule has 0 bridgehead atoms. The van der Waals surface area contributed by atoms with Gasteiger partial charge in [-0.1, -0.05) is 11.3 Å². The standard InChI is InChI=1S/C21H23FN6OS/c22-16-5-7-17(8-6-16)25-12-14-26(15-13-25)19(29)18-4-3-11-28(18)21-24-23-20(30-21)27-9-1-2-10-27/h3-8,11H,1-2,9-10,12-15H2. The van der Waals surface area contributed by atoms with Crippen LogP contribution in [0.1, 0.15) is 23.3 Å². The van der Waals surface area contributed by atoms with Crippen LogP contribution in [0.3, 0.4) is 0 Å². The number of anilines is 2. The fourth-order valence-electron chi connectivity index (χ4n) is 4.05. The first kappa shape index (κ1) is 19.0. The second-order valence-electron chi connectivity index (χ2n) is 7.58. The zero-order valence-electron chi connectivity index (χ0n) is 16.6. The van der Waals surface area contributed by atoms with Gasteiger partial charge in [-0.05, 0) is 49.2 Å². The van der Waals surface area contributed by atoms with Crippen LogP contribution in [0.5, 0.6) is 0 Å². The van der Waals surface area contributed by atoms with E-state index in [0.29, 0.717) is 18.8 Å². The maximum atomic E-state index is 13.2. The van der Waals surface area contributed by atoms with E-state index in [0.717, 1.165) is 42.1 Å². The molecular formula is C21H23FN6OS. The zero-order valence-corrected chi connectivity index (χ0v) is 17.4. The summed E-state index contributed by atoms with van der Waals surface area (Å²) in [7, 11) is 0. The topological polar surface area (TPSA) is 57.5 Å². The third kappa shape index (κ3) is 3.65. The Balaban J connectivity index is 1.28. The van der Waals surface area contributed by atoms with Gasteiger partial charge in [0.25, 0.3) is 5.91 Å². The first-order valence-corrected chi connectivity index (χ1v) is 11.1. The first-order chi connectivity index (χ1) is 14.7. The molecule has 2 aromatic heterocycles. The van der Waals surface area contributed by atoms with E-state index in [4.69, 9.17) is 0 Å². The van der Waals surface area contributed by atoms with Crippen LogP contribution in [-0.2, 0) is 0 Å². The molecule has 9 heteroatoms. The SMILES string of the molecule is O=C(c1cccn1-c1nnc(N2CCCC2)s1)N1CCN(c2ccc(F)cc2)CC1. The van der Waals surface area contributed by atoms with Crippen molar-refractivity contribution in [3.63, 3.8) is 0 Å². The Labute approximate surface area is 178 Å². The normalized spacial score (nSPS) is 17.0. The molecule has 1 amide bonds. The van der Waals surface area contributed by atoms with Crippen LogP contribution in [0.2, 0.25) is 0 Å². The highest BCUT2D eigenvalue weighted by molar-refractivity contribution is 7.17. The van der Waals surface area contributed by atoms with Crippen LogP contribution in [0.25, 0.3) is 5.13 Å². The van der Waals surface area contributed by atoms with Crippen molar-refractivity contribution < 1.29 is 9.18 Å². The predicted octanol–water partition coefficient (Wildman–Crippen LogP) is 3.03. The Morgan fingerprint density at radius 2 is 1.57 bits per heavy atom. The lowest BCUT2D eigenvalue weighted by molar-refractivity contribution is 0.0739. The maximum Gasteiger partial charge on any atom is 0.271 e. The highest BCUT2D eigenvalue weighted by atomic mass is 32.1. The first-order valence-electron chi connectivity index (χ1n) is 10.2. The summed E-state index contributed by atoms with van der Waals surface area (Å²) in [5, 5.41) is 10.3. The fourth-order valence-corrected chi connectivity index (χ4v) is 4.94. The van der Waals surface area contributed by atoms with Gasteiger partial charge in [0, 0.05) is 51.2 Å². The van der Waals surface area contributed by atoms with Gasteiger partial charge in [0.15, 0.2) is 0 Å². The monoisotopic (exact) mass is 426 g/mol. The van der Waals surface area contributed by atoms with Crippen molar-refractivity contribution in [3.05, 3.63) is 54.1 Å². The molecule has 1 aromatic carbocycles. The van der Waals surface area contributed by atoms with E-state index in [1.165, 1.54) is 36.3 Å². The molecular weight excluding hydrogens is 403 g/mol. The van der Waals surface area contributed by atoms with Crippen molar-refractivity contribution in [1.82, 2.24) is 19.7 Å². The lowest BCUT2D eigenvalue weighted by Gasteiger charge is -2.36. The highest BCUT2D eigenvalue weighted by Gasteiger charge is 2.26. The van der Waals surface area contributed by atoms with E-state index < -0.39 is 0 Å². The number of hydrogen-bond donors (Lipinski definition) is 0. The number of carbonyl (C=O) groups is 1. The zero-order chi connectivity index (χ0) is 20.5. The van der Waals surface area contributed by atoms with Crippen LogP contribution < -0.4 is 9.80 Å². The third-order valence-electron chi connectivity index (χ3n) is 5.71. The van der Waals surface area contributed by atoms with Crippen molar-refractivity contribution in [1.29, 1.82) is 0 Å². The minimum atomic E-state index is -0.238. The van der Waals surface area contributed by atoms with Gasteiger partial charge >= 0.3 is 0 Å².